The van der Waals surface area contributed by atoms with Crippen molar-refractivity contribution in [2.45, 2.75) is 6.10 Å². The number of hydrogen-bond donors (Lipinski definition) is 2. The van der Waals surface area contributed by atoms with E-state index in [1.807, 2.05) is 48.1 Å². The van der Waals surface area contributed by atoms with E-state index in [4.69, 9.17) is 0 Å². The van der Waals surface area contributed by atoms with Gasteiger partial charge in [-0.25, -0.2) is 0 Å². The number of carbonyl (C=O) groups excluding carboxylic acids is 1. The molecule has 0 saturated carbocycles. The van der Waals surface area contributed by atoms with Gasteiger partial charge in [-0.2, -0.15) is 0 Å². The van der Waals surface area contributed by atoms with Gasteiger partial charge in [-0.3, -0.25) is 4.79 Å². The van der Waals surface area contributed by atoms with E-state index >= 15 is 0 Å². The molecule has 4 nitrogen and oxygen atoms in total. The second kappa shape index (κ2) is 6.21. The lowest BCUT2D eigenvalue weighted by molar-refractivity contribution is 0.0911. The first-order valence-corrected chi connectivity index (χ1v) is 6.99. The highest BCUT2D eigenvalue weighted by atomic mass is 127. The van der Waals surface area contributed by atoms with E-state index in [0.29, 0.717) is 5.56 Å². The number of nitrogens with one attached hydrogen (secondary N) is 1. The lowest BCUT2D eigenvalue weighted by atomic mass is 10.2. The molecular weight excluding hydrogens is 355 g/mol. The van der Waals surface area contributed by atoms with Crippen LogP contribution in [0.1, 0.15) is 22.2 Å². The van der Waals surface area contributed by atoms with Gasteiger partial charge >= 0.3 is 0 Å². The summed E-state index contributed by atoms with van der Waals surface area (Å²) < 4.78 is 2.73. The Kier molecular flexibility index (Phi) is 4.60. The minimum Gasteiger partial charge on any atom is -0.385 e. The predicted molar refractivity (Wildman–Crippen MR) is 81.9 cm³/mol. The maximum Gasteiger partial charge on any atom is 0.252 e. The van der Waals surface area contributed by atoms with Gasteiger partial charge in [-0.05, 0) is 46.9 Å². The van der Waals surface area contributed by atoms with Crippen LogP contribution in [-0.4, -0.2) is 22.1 Å². The predicted octanol–water partition coefficient (Wildman–Crippen LogP) is 2.09. The second-order valence-corrected chi connectivity index (χ2v) is 5.41. The summed E-state index contributed by atoms with van der Waals surface area (Å²) in [5, 5.41) is 12.8. The van der Waals surface area contributed by atoms with Gasteiger partial charge in [0.25, 0.3) is 5.91 Å². The number of carbonyl (C=O) groups is 1. The van der Waals surface area contributed by atoms with Crippen LogP contribution in [0.25, 0.3) is 0 Å². The van der Waals surface area contributed by atoms with Gasteiger partial charge in [0.15, 0.2) is 0 Å². The third-order valence-electron chi connectivity index (χ3n) is 2.90. The molecule has 1 heterocycles. The molecule has 1 aromatic heterocycles. The average molecular weight is 370 g/mol. The third kappa shape index (κ3) is 3.36. The largest absolute Gasteiger partial charge is 0.385 e. The monoisotopic (exact) mass is 370 g/mol. The van der Waals surface area contributed by atoms with Gasteiger partial charge < -0.3 is 15.0 Å². The fourth-order valence-electron chi connectivity index (χ4n) is 1.86. The minimum atomic E-state index is -0.703. The fraction of sp³-hybridized carbons (Fsp3) is 0.214. The molecule has 0 aliphatic carbocycles. The number of nitrogens with zero attached hydrogens (tertiary/aromatic N) is 1. The molecule has 5 heteroatoms. The third-order valence-corrected chi connectivity index (χ3v) is 3.84. The van der Waals surface area contributed by atoms with E-state index in [2.05, 4.69) is 27.9 Å². The molecule has 2 rings (SSSR count). The summed E-state index contributed by atoms with van der Waals surface area (Å²) in [6.45, 7) is 0.196. The van der Waals surface area contributed by atoms with Crippen LogP contribution in [0.5, 0.6) is 0 Å². The number of rotatable bonds is 4. The fourth-order valence-corrected chi connectivity index (χ4v) is 2.49. The Bertz CT molecular complexity index is 580. The summed E-state index contributed by atoms with van der Waals surface area (Å²) in [6.07, 6.45) is 1.16. The summed E-state index contributed by atoms with van der Waals surface area (Å²) in [4.78, 5) is 12.0. The first-order valence-electron chi connectivity index (χ1n) is 5.91. The Morgan fingerprint density at radius 1 is 1.37 bits per heavy atom. The summed E-state index contributed by atoms with van der Waals surface area (Å²) in [5.41, 5.74) is 1.41. The van der Waals surface area contributed by atoms with Crippen LogP contribution in [0.3, 0.4) is 0 Å². The first kappa shape index (κ1) is 14.1. The van der Waals surface area contributed by atoms with Crippen molar-refractivity contribution in [1.82, 2.24) is 9.88 Å². The quantitative estimate of drug-likeness (QED) is 0.810. The molecule has 0 saturated heterocycles. The van der Waals surface area contributed by atoms with Crippen LogP contribution >= 0.6 is 22.6 Å². The van der Waals surface area contributed by atoms with Crippen LogP contribution < -0.4 is 5.32 Å². The molecule has 0 fully saturated rings. The molecule has 100 valence electrons. The topological polar surface area (TPSA) is 54.3 Å². The van der Waals surface area contributed by atoms with E-state index < -0.39 is 6.10 Å². The number of aromatic nitrogens is 1. The van der Waals surface area contributed by atoms with Crippen LogP contribution in [0, 0.1) is 3.57 Å². The molecule has 2 aromatic rings. The van der Waals surface area contributed by atoms with E-state index in [0.717, 1.165) is 9.26 Å². The van der Waals surface area contributed by atoms with Crippen molar-refractivity contribution in [2.75, 3.05) is 6.54 Å². The van der Waals surface area contributed by atoms with Gasteiger partial charge in [-0.1, -0.05) is 12.1 Å². The summed E-state index contributed by atoms with van der Waals surface area (Å²) in [5.74, 6) is -0.168. The molecule has 1 unspecified atom stereocenters. The summed E-state index contributed by atoms with van der Waals surface area (Å²) >= 11 is 2.12. The van der Waals surface area contributed by atoms with Gasteiger partial charge in [0.2, 0.25) is 0 Å². The highest BCUT2D eigenvalue weighted by Gasteiger charge is 2.14. The van der Waals surface area contributed by atoms with Gasteiger partial charge in [0, 0.05) is 29.1 Å². The highest BCUT2D eigenvalue weighted by molar-refractivity contribution is 14.1. The highest BCUT2D eigenvalue weighted by Crippen LogP contribution is 2.13. The maximum atomic E-state index is 12.0. The number of amides is 1. The molecule has 0 radical (unpaired) electrons. The number of halogens is 1. The molecule has 0 aliphatic heterocycles. The Hall–Kier alpha value is -1.34. The second-order valence-electron chi connectivity index (χ2n) is 4.25. The number of aryl methyl sites for hydroxylation is 1. The standard InChI is InChI=1S/C14H15IN2O2/c1-17-8-4-7-12(17)13(18)9-16-14(19)10-5-2-3-6-11(10)15/h2-8,13,18H,9H2,1H3,(H,16,19). The van der Waals surface area contributed by atoms with E-state index in [1.165, 1.54) is 0 Å². The van der Waals surface area contributed by atoms with Gasteiger partial charge in [0.1, 0.15) is 6.10 Å². The molecule has 2 N–H and O–H groups in total. The summed E-state index contributed by atoms with van der Waals surface area (Å²) in [6, 6.07) is 11.1. The normalized spacial score (nSPS) is 12.2. The zero-order chi connectivity index (χ0) is 13.8. The van der Waals surface area contributed by atoms with Crippen LogP contribution in [0.15, 0.2) is 42.6 Å². The molecule has 1 aromatic carbocycles. The smallest absolute Gasteiger partial charge is 0.252 e. The van der Waals surface area contributed by atoms with Crippen molar-refractivity contribution < 1.29 is 9.90 Å². The van der Waals surface area contributed by atoms with Crippen LogP contribution in [0.4, 0.5) is 0 Å². The van der Waals surface area contributed by atoms with Crippen LogP contribution in [-0.2, 0) is 7.05 Å². The number of benzene rings is 1. The Morgan fingerprint density at radius 2 is 2.11 bits per heavy atom. The van der Waals surface area contributed by atoms with Crippen molar-refractivity contribution in [2.24, 2.45) is 7.05 Å². The first-order chi connectivity index (χ1) is 9.09. The van der Waals surface area contributed by atoms with Gasteiger partial charge in [0.05, 0.1) is 5.56 Å². The summed E-state index contributed by atoms with van der Waals surface area (Å²) in [7, 11) is 1.86. The molecular formula is C14H15IN2O2. The lowest BCUT2D eigenvalue weighted by Gasteiger charge is -2.13. The van der Waals surface area contributed by atoms with Crippen molar-refractivity contribution in [3.05, 3.63) is 57.4 Å². The number of hydrogen-bond acceptors (Lipinski definition) is 2. The van der Waals surface area contributed by atoms with E-state index in [1.54, 1.807) is 6.07 Å². The molecule has 1 atom stereocenters. The number of aliphatic hydroxyl groups is 1. The molecule has 0 bridgehead atoms. The van der Waals surface area contributed by atoms with E-state index in [9.17, 15) is 9.90 Å². The van der Waals surface area contributed by atoms with E-state index in [-0.39, 0.29) is 12.5 Å². The minimum absolute atomic E-state index is 0.168. The van der Waals surface area contributed by atoms with Crippen LogP contribution in [0.2, 0.25) is 0 Å². The van der Waals surface area contributed by atoms with Crippen molar-refractivity contribution >= 4 is 28.5 Å². The van der Waals surface area contributed by atoms with Crippen molar-refractivity contribution in [1.29, 1.82) is 0 Å². The Labute approximate surface area is 125 Å². The molecule has 19 heavy (non-hydrogen) atoms. The molecule has 0 spiro atoms. The average Bonchev–Trinajstić information content (AvgIpc) is 2.82. The maximum absolute atomic E-state index is 12.0. The molecule has 0 aliphatic rings. The molecule has 1 amide bonds. The Morgan fingerprint density at radius 3 is 2.74 bits per heavy atom. The number of aliphatic hydroxyl groups excluding tert-OH is 1. The van der Waals surface area contributed by atoms with Crippen molar-refractivity contribution in [3.8, 4) is 0 Å². The van der Waals surface area contributed by atoms with Crippen molar-refractivity contribution in [3.63, 3.8) is 0 Å². The SMILES string of the molecule is Cn1cccc1C(O)CNC(=O)c1ccccc1I. The lowest BCUT2D eigenvalue weighted by Crippen LogP contribution is -2.29. The zero-order valence-corrected chi connectivity index (χ0v) is 12.7. The zero-order valence-electron chi connectivity index (χ0n) is 10.5. The Balaban J connectivity index is 1.98. The van der Waals surface area contributed by atoms with Gasteiger partial charge in [-0.15, -0.1) is 0 Å².